The summed E-state index contributed by atoms with van der Waals surface area (Å²) in [7, 11) is 1.56. The summed E-state index contributed by atoms with van der Waals surface area (Å²) < 4.78 is 11.5. The third-order valence-corrected chi connectivity index (χ3v) is 4.20. The lowest BCUT2D eigenvalue weighted by Crippen LogP contribution is -2.18. The summed E-state index contributed by atoms with van der Waals surface area (Å²) in [5.74, 6) is 0.360. The second kappa shape index (κ2) is 6.17. The predicted octanol–water partition coefficient (Wildman–Crippen LogP) is 3.25. The molecule has 0 atom stereocenters. The van der Waals surface area contributed by atoms with Crippen LogP contribution in [0.2, 0.25) is 0 Å². The Kier molecular flexibility index (Phi) is 3.80. The molecule has 2 heterocycles. The first kappa shape index (κ1) is 16.6. The van der Waals surface area contributed by atoms with Crippen LogP contribution in [-0.2, 0) is 0 Å². The van der Waals surface area contributed by atoms with Crippen molar-refractivity contribution in [3.63, 3.8) is 0 Å². The van der Waals surface area contributed by atoms with Gasteiger partial charge < -0.3 is 24.7 Å². The van der Waals surface area contributed by atoms with Crippen molar-refractivity contribution in [2.45, 2.75) is 6.92 Å². The number of nitrogens with zero attached hydrogens (tertiary/aromatic N) is 2. The first-order valence-corrected chi connectivity index (χ1v) is 8.07. The highest BCUT2D eigenvalue weighted by atomic mass is 16.5. The molecular formula is C19H15N3O5. The molecule has 0 bridgehead atoms. The number of aromatic nitrogens is 2. The van der Waals surface area contributed by atoms with E-state index in [1.807, 2.05) is 0 Å². The van der Waals surface area contributed by atoms with E-state index in [0.29, 0.717) is 38.9 Å². The summed E-state index contributed by atoms with van der Waals surface area (Å²) >= 11 is 0. The van der Waals surface area contributed by atoms with Gasteiger partial charge in [-0.05, 0) is 25.1 Å². The zero-order chi connectivity index (χ0) is 19.1. The maximum absolute atomic E-state index is 12.0. The number of amides is 1. The minimum atomic E-state index is -0.297. The van der Waals surface area contributed by atoms with E-state index in [2.05, 4.69) is 15.3 Å². The fourth-order valence-electron chi connectivity index (χ4n) is 2.92. The van der Waals surface area contributed by atoms with E-state index in [9.17, 15) is 15.0 Å². The number of fused-ring (bicyclic) bond motifs is 2. The van der Waals surface area contributed by atoms with Crippen molar-refractivity contribution in [3.05, 3.63) is 48.0 Å². The van der Waals surface area contributed by atoms with Crippen LogP contribution >= 0.6 is 0 Å². The van der Waals surface area contributed by atoms with Crippen molar-refractivity contribution in [1.29, 1.82) is 0 Å². The Morgan fingerprint density at radius 1 is 1.11 bits per heavy atom. The Bertz CT molecular complexity index is 1200. The molecule has 8 nitrogen and oxygen atoms in total. The lowest BCUT2D eigenvalue weighted by Gasteiger charge is -2.08. The number of rotatable bonds is 3. The van der Waals surface area contributed by atoms with E-state index in [1.165, 1.54) is 18.5 Å². The molecule has 8 heteroatoms. The van der Waals surface area contributed by atoms with E-state index >= 15 is 0 Å². The van der Waals surface area contributed by atoms with Gasteiger partial charge in [0.05, 0.1) is 16.5 Å². The summed E-state index contributed by atoms with van der Waals surface area (Å²) in [6, 6.07) is 7.74. The number of furan rings is 1. The van der Waals surface area contributed by atoms with Crippen molar-refractivity contribution in [3.8, 4) is 23.1 Å². The highest BCUT2D eigenvalue weighted by Crippen LogP contribution is 2.35. The molecule has 27 heavy (non-hydrogen) atoms. The van der Waals surface area contributed by atoms with Gasteiger partial charge >= 0.3 is 0 Å². The molecule has 3 N–H and O–H groups in total. The SMILES string of the molecule is CNC(=O)c1c(C)oc2cc(Oc3ncnc4cc(O)c(O)cc34)ccc12. The molecule has 0 spiro atoms. The van der Waals surface area contributed by atoms with Gasteiger partial charge in [0.25, 0.3) is 5.91 Å². The molecule has 0 aliphatic heterocycles. The minimum absolute atomic E-state index is 0.212. The molecule has 136 valence electrons. The quantitative estimate of drug-likeness (QED) is 0.477. The predicted molar refractivity (Wildman–Crippen MR) is 97.3 cm³/mol. The zero-order valence-corrected chi connectivity index (χ0v) is 14.5. The third kappa shape index (κ3) is 2.77. The van der Waals surface area contributed by atoms with Crippen LogP contribution in [0.4, 0.5) is 0 Å². The van der Waals surface area contributed by atoms with Gasteiger partial charge in [0, 0.05) is 24.6 Å². The standard InChI is InChI=1S/C19H15N3O5/c1-9-17(18(25)20-2)11-4-3-10(5-16(11)26-9)27-19-12-6-14(23)15(24)7-13(12)21-8-22-19/h3-8,23-24H,1-2H3,(H,20,25). The van der Waals surface area contributed by atoms with Crippen LogP contribution in [0.3, 0.4) is 0 Å². The molecule has 0 saturated heterocycles. The Hall–Kier alpha value is -3.81. The van der Waals surface area contributed by atoms with Crippen molar-refractivity contribution in [2.75, 3.05) is 7.05 Å². The summed E-state index contributed by atoms with van der Waals surface area (Å²) in [5.41, 5.74) is 1.40. The number of phenolic OH excluding ortho intramolecular Hbond substituents is 2. The summed E-state index contributed by atoms with van der Waals surface area (Å²) in [6.45, 7) is 1.72. The van der Waals surface area contributed by atoms with Crippen LogP contribution in [0.1, 0.15) is 16.1 Å². The van der Waals surface area contributed by atoms with Gasteiger partial charge in [0.2, 0.25) is 5.88 Å². The second-order valence-corrected chi connectivity index (χ2v) is 5.91. The minimum Gasteiger partial charge on any atom is -0.504 e. The molecule has 0 radical (unpaired) electrons. The summed E-state index contributed by atoms with van der Waals surface area (Å²) in [5, 5.41) is 23.1. The van der Waals surface area contributed by atoms with Gasteiger partial charge in [-0.15, -0.1) is 0 Å². The van der Waals surface area contributed by atoms with E-state index in [4.69, 9.17) is 9.15 Å². The highest BCUT2D eigenvalue weighted by molar-refractivity contribution is 6.07. The Morgan fingerprint density at radius 2 is 1.89 bits per heavy atom. The molecular weight excluding hydrogens is 350 g/mol. The maximum Gasteiger partial charge on any atom is 0.255 e. The van der Waals surface area contributed by atoms with Gasteiger partial charge in [-0.2, -0.15) is 0 Å². The smallest absolute Gasteiger partial charge is 0.255 e. The number of nitrogens with one attached hydrogen (secondary N) is 1. The summed E-state index contributed by atoms with van der Waals surface area (Å²) in [6.07, 6.45) is 1.30. The Labute approximate surface area is 153 Å². The van der Waals surface area contributed by atoms with Crippen LogP contribution in [-0.4, -0.2) is 33.1 Å². The maximum atomic E-state index is 12.0. The van der Waals surface area contributed by atoms with Crippen molar-refractivity contribution >= 4 is 27.8 Å². The topological polar surface area (TPSA) is 118 Å². The van der Waals surface area contributed by atoms with Crippen LogP contribution in [0.5, 0.6) is 23.1 Å². The molecule has 4 rings (SSSR count). The van der Waals surface area contributed by atoms with Crippen molar-refractivity contribution in [2.24, 2.45) is 0 Å². The van der Waals surface area contributed by atoms with E-state index in [0.717, 1.165) is 0 Å². The van der Waals surface area contributed by atoms with Gasteiger partial charge in [-0.25, -0.2) is 9.97 Å². The number of ether oxygens (including phenoxy) is 1. The first-order valence-electron chi connectivity index (χ1n) is 8.07. The molecule has 0 fully saturated rings. The van der Waals surface area contributed by atoms with Crippen molar-refractivity contribution < 1.29 is 24.2 Å². The van der Waals surface area contributed by atoms with Gasteiger partial charge in [-0.3, -0.25) is 4.79 Å². The van der Waals surface area contributed by atoms with E-state index < -0.39 is 0 Å². The van der Waals surface area contributed by atoms with E-state index in [-0.39, 0.29) is 23.3 Å². The van der Waals surface area contributed by atoms with Gasteiger partial charge in [0.1, 0.15) is 23.4 Å². The number of hydrogen-bond donors (Lipinski definition) is 3. The molecule has 1 amide bonds. The number of aryl methyl sites for hydroxylation is 1. The van der Waals surface area contributed by atoms with Gasteiger partial charge in [-0.1, -0.05) is 0 Å². The zero-order valence-electron chi connectivity index (χ0n) is 14.5. The lowest BCUT2D eigenvalue weighted by atomic mass is 10.1. The molecule has 0 aliphatic rings. The monoisotopic (exact) mass is 365 g/mol. The lowest BCUT2D eigenvalue weighted by molar-refractivity contribution is 0.0963. The number of aromatic hydroxyl groups is 2. The van der Waals surface area contributed by atoms with Crippen LogP contribution in [0, 0.1) is 6.92 Å². The van der Waals surface area contributed by atoms with Crippen molar-refractivity contribution in [1.82, 2.24) is 15.3 Å². The average molecular weight is 365 g/mol. The van der Waals surface area contributed by atoms with E-state index in [1.54, 1.807) is 32.2 Å². The largest absolute Gasteiger partial charge is 0.504 e. The van der Waals surface area contributed by atoms with Crippen LogP contribution in [0.25, 0.3) is 21.9 Å². The average Bonchev–Trinajstić information content (AvgIpc) is 2.97. The number of phenols is 2. The molecule has 4 aromatic rings. The fourth-order valence-corrected chi connectivity index (χ4v) is 2.92. The summed E-state index contributed by atoms with van der Waals surface area (Å²) in [4.78, 5) is 20.2. The third-order valence-electron chi connectivity index (χ3n) is 4.20. The second-order valence-electron chi connectivity index (χ2n) is 5.91. The number of carbonyl (C=O) groups is 1. The van der Waals surface area contributed by atoms with Crippen LogP contribution < -0.4 is 10.1 Å². The molecule has 2 aromatic heterocycles. The molecule has 0 saturated carbocycles. The van der Waals surface area contributed by atoms with Gasteiger partial charge in [0.15, 0.2) is 11.5 Å². The number of hydrogen-bond acceptors (Lipinski definition) is 7. The molecule has 2 aromatic carbocycles. The molecule has 0 aliphatic carbocycles. The Morgan fingerprint density at radius 3 is 2.67 bits per heavy atom. The highest BCUT2D eigenvalue weighted by Gasteiger charge is 2.18. The van der Waals surface area contributed by atoms with Crippen LogP contribution in [0.15, 0.2) is 41.1 Å². The number of benzene rings is 2. The normalized spacial score (nSPS) is 11.0. The number of carbonyl (C=O) groups excluding carboxylic acids is 1. The fraction of sp³-hybridized carbons (Fsp3) is 0.105. The Balaban J connectivity index is 1.77. The first-order chi connectivity index (χ1) is 13.0. The molecule has 0 unspecified atom stereocenters.